The van der Waals surface area contributed by atoms with Crippen LogP contribution in [-0.2, 0) is 9.53 Å². The minimum absolute atomic E-state index is 0.246. The Morgan fingerprint density at radius 2 is 2.38 bits per heavy atom. The van der Waals surface area contributed by atoms with Crippen molar-refractivity contribution in [2.24, 2.45) is 0 Å². The van der Waals surface area contributed by atoms with Crippen molar-refractivity contribution in [3.8, 4) is 11.8 Å². The summed E-state index contributed by atoms with van der Waals surface area (Å²) in [7, 11) is 0. The fourth-order valence-corrected chi connectivity index (χ4v) is 2.62. The molecule has 4 nitrogen and oxygen atoms in total. The summed E-state index contributed by atoms with van der Waals surface area (Å²) in [5.41, 5.74) is 1.28. The van der Waals surface area contributed by atoms with Gasteiger partial charge in [0, 0.05) is 31.8 Å². The number of aromatic nitrogens is 1. The Labute approximate surface area is 126 Å². The number of carbonyl (C=O) groups excluding carboxylic acids is 1. The fourth-order valence-electron chi connectivity index (χ4n) is 2.62. The number of ether oxygens (including phenoxy) is 1. The van der Waals surface area contributed by atoms with Crippen molar-refractivity contribution in [2.75, 3.05) is 19.7 Å². The molecule has 0 unspecified atom stereocenters. The molecule has 2 heterocycles. The highest BCUT2D eigenvalue weighted by Gasteiger charge is 2.22. The van der Waals surface area contributed by atoms with E-state index in [1.165, 1.54) is 31.7 Å². The zero-order valence-electron chi connectivity index (χ0n) is 12.5. The SMILES string of the molecule is CC(=O)OCCC#CCN1CCCC[C@H]1c1cccnc1. The van der Waals surface area contributed by atoms with E-state index in [1.807, 2.05) is 18.5 Å². The van der Waals surface area contributed by atoms with E-state index in [2.05, 4.69) is 27.8 Å². The highest BCUT2D eigenvalue weighted by molar-refractivity contribution is 5.65. The Kier molecular flexibility index (Phi) is 6.23. The molecule has 1 aliphatic heterocycles. The van der Waals surface area contributed by atoms with E-state index >= 15 is 0 Å². The van der Waals surface area contributed by atoms with E-state index < -0.39 is 0 Å². The molecule has 112 valence electrons. The summed E-state index contributed by atoms with van der Waals surface area (Å²) < 4.78 is 4.86. The average Bonchev–Trinajstić information content (AvgIpc) is 2.52. The molecule has 1 atom stereocenters. The van der Waals surface area contributed by atoms with Crippen LogP contribution in [0.25, 0.3) is 0 Å². The lowest BCUT2D eigenvalue weighted by Gasteiger charge is -2.34. The van der Waals surface area contributed by atoms with Crippen LogP contribution in [0.1, 0.15) is 44.2 Å². The lowest BCUT2D eigenvalue weighted by atomic mass is 9.96. The van der Waals surface area contributed by atoms with Crippen LogP contribution in [0.4, 0.5) is 0 Å². The monoisotopic (exact) mass is 286 g/mol. The number of nitrogens with zero attached hydrogens (tertiary/aromatic N) is 2. The summed E-state index contributed by atoms with van der Waals surface area (Å²) in [6.45, 7) is 3.64. The summed E-state index contributed by atoms with van der Waals surface area (Å²) in [6, 6.07) is 4.56. The number of piperidine rings is 1. The number of likely N-dealkylation sites (tertiary alicyclic amines) is 1. The topological polar surface area (TPSA) is 42.4 Å². The molecule has 2 rings (SSSR count). The molecule has 1 aromatic heterocycles. The van der Waals surface area contributed by atoms with Crippen LogP contribution in [-0.4, -0.2) is 35.5 Å². The number of esters is 1. The van der Waals surface area contributed by atoms with Gasteiger partial charge >= 0.3 is 5.97 Å². The zero-order chi connectivity index (χ0) is 14.9. The molecular formula is C17H22N2O2. The highest BCUT2D eigenvalue weighted by atomic mass is 16.5. The predicted octanol–water partition coefficient (Wildman–Crippen LogP) is 2.57. The molecule has 0 N–H and O–H groups in total. The highest BCUT2D eigenvalue weighted by Crippen LogP contribution is 2.29. The molecule has 4 heteroatoms. The van der Waals surface area contributed by atoms with Gasteiger partial charge in [-0.3, -0.25) is 14.7 Å². The lowest BCUT2D eigenvalue weighted by Crippen LogP contribution is -2.33. The number of hydrogen-bond acceptors (Lipinski definition) is 4. The Balaban J connectivity index is 1.85. The van der Waals surface area contributed by atoms with Gasteiger partial charge in [0.15, 0.2) is 0 Å². The van der Waals surface area contributed by atoms with E-state index in [0.29, 0.717) is 19.1 Å². The third-order valence-corrected chi connectivity index (χ3v) is 3.62. The molecule has 0 aliphatic carbocycles. The first-order chi connectivity index (χ1) is 10.3. The van der Waals surface area contributed by atoms with Crippen molar-refractivity contribution in [1.29, 1.82) is 0 Å². The fraction of sp³-hybridized carbons (Fsp3) is 0.529. The van der Waals surface area contributed by atoms with Crippen molar-refractivity contribution >= 4 is 5.97 Å². The van der Waals surface area contributed by atoms with Crippen LogP contribution in [0.3, 0.4) is 0 Å². The van der Waals surface area contributed by atoms with Crippen LogP contribution in [0.15, 0.2) is 24.5 Å². The van der Waals surface area contributed by atoms with Crippen molar-refractivity contribution in [3.05, 3.63) is 30.1 Å². The molecular weight excluding hydrogens is 264 g/mol. The van der Waals surface area contributed by atoms with E-state index in [-0.39, 0.29) is 5.97 Å². The standard InChI is InChI=1S/C17H22N2O2/c1-15(20)21-13-6-2-4-11-19-12-5-3-9-17(19)16-8-7-10-18-14-16/h7-8,10,14,17H,3,5-6,9,11-13H2,1H3/t17-/m0/s1. The van der Waals surface area contributed by atoms with E-state index in [9.17, 15) is 4.79 Å². The maximum absolute atomic E-state index is 10.6. The van der Waals surface area contributed by atoms with Gasteiger partial charge in [-0.2, -0.15) is 0 Å². The quantitative estimate of drug-likeness (QED) is 0.485. The van der Waals surface area contributed by atoms with Crippen molar-refractivity contribution in [1.82, 2.24) is 9.88 Å². The predicted molar refractivity (Wildman–Crippen MR) is 81.4 cm³/mol. The zero-order valence-corrected chi connectivity index (χ0v) is 12.5. The third kappa shape index (κ3) is 5.20. The van der Waals surface area contributed by atoms with Gasteiger partial charge in [-0.05, 0) is 31.0 Å². The Morgan fingerprint density at radius 1 is 1.48 bits per heavy atom. The molecule has 0 amide bonds. The molecule has 1 saturated heterocycles. The van der Waals surface area contributed by atoms with Gasteiger partial charge in [-0.1, -0.05) is 24.3 Å². The van der Waals surface area contributed by atoms with Gasteiger partial charge in [0.05, 0.1) is 6.54 Å². The molecule has 0 spiro atoms. The normalized spacial score (nSPS) is 18.6. The van der Waals surface area contributed by atoms with Crippen molar-refractivity contribution in [3.63, 3.8) is 0 Å². The van der Waals surface area contributed by atoms with Crippen LogP contribution in [0, 0.1) is 11.8 Å². The van der Waals surface area contributed by atoms with Crippen LogP contribution >= 0.6 is 0 Å². The average molecular weight is 286 g/mol. The summed E-state index contributed by atoms with van der Waals surface area (Å²) in [5, 5.41) is 0. The number of rotatable bonds is 4. The number of hydrogen-bond donors (Lipinski definition) is 0. The molecule has 21 heavy (non-hydrogen) atoms. The first-order valence-electron chi connectivity index (χ1n) is 7.50. The van der Waals surface area contributed by atoms with Crippen molar-refractivity contribution in [2.45, 2.75) is 38.6 Å². The maximum Gasteiger partial charge on any atom is 0.302 e. The summed E-state index contributed by atoms with van der Waals surface area (Å²) >= 11 is 0. The Hall–Kier alpha value is -1.86. The number of pyridine rings is 1. The second-order valence-corrected chi connectivity index (χ2v) is 5.21. The lowest BCUT2D eigenvalue weighted by molar-refractivity contribution is -0.140. The molecule has 0 aromatic carbocycles. The van der Waals surface area contributed by atoms with Gasteiger partial charge in [0.1, 0.15) is 6.61 Å². The first-order valence-corrected chi connectivity index (χ1v) is 7.50. The molecule has 1 fully saturated rings. The molecule has 0 radical (unpaired) electrons. The van der Waals surface area contributed by atoms with Gasteiger partial charge in [0.2, 0.25) is 0 Å². The van der Waals surface area contributed by atoms with Gasteiger partial charge < -0.3 is 4.74 Å². The summed E-state index contributed by atoms with van der Waals surface area (Å²) in [6.07, 6.45) is 8.02. The second kappa shape index (κ2) is 8.43. The summed E-state index contributed by atoms with van der Waals surface area (Å²) in [4.78, 5) is 17.3. The minimum Gasteiger partial charge on any atom is -0.465 e. The molecule has 0 bridgehead atoms. The van der Waals surface area contributed by atoms with E-state index in [1.54, 1.807) is 0 Å². The second-order valence-electron chi connectivity index (χ2n) is 5.21. The number of carbonyl (C=O) groups is 1. The van der Waals surface area contributed by atoms with Gasteiger partial charge in [-0.15, -0.1) is 0 Å². The third-order valence-electron chi connectivity index (χ3n) is 3.62. The van der Waals surface area contributed by atoms with Gasteiger partial charge in [-0.25, -0.2) is 0 Å². The van der Waals surface area contributed by atoms with Gasteiger partial charge in [0.25, 0.3) is 0 Å². The Morgan fingerprint density at radius 3 is 3.14 bits per heavy atom. The Bertz CT molecular complexity index is 505. The molecule has 1 aliphatic rings. The minimum atomic E-state index is -0.246. The van der Waals surface area contributed by atoms with E-state index in [0.717, 1.165) is 13.1 Å². The van der Waals surface area contributed by atoms with Crippen LogP contribution < -0.4 is 0 Å². The van der Waals surface area contributed by atoms with Crippen molar-refractivity contribution < 1.29 is 9.53 Å². The van der Waals surface area contributed by atoms with Crippen LogP contribution in [0.5, 0.6) is 0 Å². The summed E-state index contributed by atoms with van der Waals surface area (Å²) in [5.74, 6) is 6.02. The smallest absolute Gasteiger partial charge is 0.302 e. The molecule has 1 aromatic rings. The molecule has 0 saturated carbocycles. The van der Waals surface area contributed by atoms with E-state index in [4.69, 9.17) is 4.74 Å². The first kappa shape index (κ1) is 15.5. The largest absolute Gasteiger partial charge is 0.465 e. The maximum atomic E-state index is 10.6. The van der Waals surface area contributed by atoms with Crippen LogP contribution in [0.2, 0.25) is 0 Å².